The van der Waals surface area contributed by atoms with Crippen LogP contribution in [0.4, 0.5) is 5.69 Å². The van der Waals surface area contributed by atoms with E-state index in [1.165, 1.54) is 0 Å². The maximum Gasteiger partial charge on any atom is 0.228 e. The summed E-state index contributed by atoms with van der Waals surface area (Å²) in [5, 5.41) is 2.92. The third-order valence-electron chi connectivity index (χ3n) is 3.54. The SMILES string of the molecule is Cc1cccc(NC(=O)Cc2cccc(Oc3ccccc3)c2)c1. The summed E-state index contributed by atoms with van der Waals surface area (Å²) in [6.07, 6.45) is 0.305. The van der Waals surface area contributed by atoms with Gasteiger partial charge in [-0.2, -0.15) is 0 Å². The maximum absolute atomic E-state index is 12.2. The Morgan fingerprint density at radius 2 is 1.62 bits per heavy atom. The van der Waals surface area contributed by atoms with Gasteiger partial charge in [0.05, 0.1) is 6.42 Å². The van der Waals surface area contributed by atoms with Gasteiger partial charge in [0.25, 0.3) is 0 Å². The minimum atomic E-state index is -0.0440. The number of hydrogen-bond donors (Lipinski definition) is 1. The van der Waals surface area contributed by atoms with Crippen LogP contribution < -0.4 is 10.1 Å². The second-order valence-corrected chi connectivity index (χ2v) is 5.66. The van der Waals surface area contributed by atoms with E-state index in [1.807, 2.05) is 85.8 Å². The minimum Gasteiger partial charge on any atom is -0.457 e. The Balaban J connectivity index is 1.65. The first kappa shape index (κ1) is 15.8. The quantitative estimate of drug-likeness (QED) is 0.721. The molecule has 3 nitrogen and oxygen atoms in total. The molecule has 0 aliphatic carbocycles. The second-order valence-electron chi connectivity index (χ2n) is 5.66. The number of rotatable bonds is 5. The summed E-state index contributed by atoms with van der Waals surface area (Å²) in [6, 6.07) is 25.0. The number of aryl methyl sites for hydroxylation is 1. The number of hydrogen-bond acceptors (Lipinski definition) is 2. The van der Waals surface area contributed by atoms with Crippen molar-refractivity contribution in [3.05, 3.63) is 90.0 Å². The van der Waals surface area contributed by atoms with Crippen molar-refractivity contribution in [3.63, 3.8) is 0 Å². The first-order valence-electron chi connectivity index (χ1n) is 7.87. The molecule has 120 valence electrons. The molecule has 1 N–H and O–H groups in total. The van der Waals surface area contributed by atoms with Crippen LogP contribution in [0, 0.1) is 6.92 Å². The molecule has 0 saturated heterocycles. The summed E-state index contributed by atoms with van der Waals surface area (Å²) >= 11 is 0. The summed E-state index contributed by atoms with van der Waals surface area (Å²) < 4.78 is 5.80. The highest BCUT2D eigenvalue weighted by Crippen LogP contribution is 2.22. The molecule has 0 saturated carbocycles. The number of anilines is 1. The highest BCUT2D eigenvalue weighted by atomic mass is 16.5. The summed E-state index contributed by atoms with van der Waals surface area (Å²) in [4.78, 5) is 12.2. The van der Waals surface area contributed by atoms with E-state index < -0.39 is 0 Å². The normalized spacial score (nSPS) is 10.2. The van der Waals surface area contributed by atoms with Crippen molar-refractivity contribution in [2.45, 2.75) is 13.3 Å². The third kappa shape index (κ3) is 4.46. The summed E-state index contributed by atoms with van der Waals surface area (Å²) in [5.41, 5.74) is 2.84. The van der Waals surface area contributed by atoms with E-state index in [0.717, 1.165) is 28.3 Å². The molecule has 0 heterocycles. The lowest BCUT2D eigenvalue weighted by Gasteiger charge is -2.09. The Labute approximate surface area is 141 Å². The Bertz CT molecular complexity index is 828. The van der Waals surface area contributed by atoms with Crippen LogP contribution in [0.15, 0.2) is 78.9 Å². The molecule has 0 aromatic heterocycles. The number of para-hydroxylation sites is 1. The van der Waals surface area contributed by atoms with Gasteiger partial charge in [0.1, 0.15) is 11.5 Å². The van der Waals surface area contributed by atoms with E-state index in [2.05, 4.69) is 5.32 Å². The predicted molar refractivity (Wildman–Crippen MR) is 96.5 cm³/mol. The summed E-state index contributed by atoms with van der Waals surface area (Å²) in [5.74, 6) is 1.46. The Morgan fingerprint density at radius 1 is 0.875 bits per heavy atom. The molecule has 0 spiro atoms. The predicted octanol–water partition coefficient (Wildman–Crippen LogP) is 4.97. The monoisotopic (exact) mass is 317 g/mol. The van der Waals surface area contributed by atoms with Crippen LogP contribution >= 0.6 is 0 Å². The van der Waals surface area contributed by atoms with Crippen LogP contribution in [-0.2, 0) is 11.2 Å². The van der Waals surface area contributed by atoms with Crippen LogP contribution in [-0.4, -0.2) is 5.91 Å². The Morgan fingerprint density at radius 3 is 2.42 bits per heavy atom. The number of carbonyl (C=O) groups is 1. The number of benzene rings is 3. The first-order chi connectivity index (χ1) is 11.7. The molecule has 0 aliphatic heterocycles. The highest BCUT2D eigenvalue weighted by Gasteiger charge is 2.06. The standard InChI is InChI=1S/C21H19NO2/c1-16-7-5-9-18(13-16)22-21(23)15-17-8-6-12-20(14-17)24-19-10-3-2-4-11-19/h2-14H,15H2,1H3,(H,22,23). The van der Waals surface area contributed by atoms with Crippen molar-refractivity contribution in [1.29, 1.82) is 0 Å². The molecule has 0 unspecified atom stereocenters. The fourth-order valence-electron chi connectivity index (χ4n) is 2.46. The molecule has 3 heteroatoms. The molecule has 3 rings (SSSR count). The van der Waals surface area contributed by atoms with Gasteiger partial charge in [-0.05, 0) is 54.4 Å². The van der Waals surface area contributed by atoms with Crippen molar-refractivity contribution in [2.24, 2.45) is 0 Å². The van der Waals surface area contributed by atoms with Crippen molar-refractivity contribution in [1.82, 2.24) is 0 Å². The molecule has 0 fully saturated rings. The van der Waals surface area contributed by atoms with Crippen LogP contribution in [0.25, 0.3) is 0 Å². The van der Waals surface area contributed by atoms with E-state index >= 15 is 0 Å². The molecule has 0 aliphatic rings. The van der Waals surface area contributed by atoms with E-state index in [9.17, 15) is 4.79 Å². The molecular formula is C21H19NO2. The fraction of sp³-hybridized carbons (Fsp3) is 0.0952. The van der Waals surface area contributed by atoms with Crippen LogP contribution in [0.1, 0.15) is 11.1 Å². The van der Waals surface area contributed by atoms with Gasteiger partial charge >= 0.3 is 0 Å². The summed E-state index contributed by atoms with van der Waals surface area (Å²) in [7, 11) is 0. The maximum atomic E-state index is 12.2. The number of ether oxygens (including phenoxy) is 1. The zero-order valence-electron chi connectivity index (χ0n) is 13.5. The highest BCUT2D eigenvalue weighted by molar-refractivity contribution is 5.92. The van der Waals surface area contributed by atoms with Gasteiger partial charge in [-0.3, -0.25) is 4.79 Å². The zero-order chi connectivity index (χ0) is 16.8. The van der Waals surface area contributed by atoms with Crippen LogP contribution in [0.3, 0.4) is 0 Å². The summed E-state index contributed by atoms with van der Waals surface area (Å²) in [6.45, 7) is 2.00. The smallest absolute Gasteiger partial charge is 0.228 e. The van der Waals surface area contributed by atoms with Gasteiger partial charge in [-0.1, -0.05) is 42.5 Å². The molecule has 0 bridgehead atoms. The van der Waals surface area contributed by atoms with Gasteiger partial charge in [0, 0.05) is 5.69 Å². The van der Waals surface area contributed by atoms with Crippen LogP contribution in [0.2, 0.25) is 0 Å². The fourth-order valence-corrected chi connectivity index (χ4v) is 2.46. The number of amides is 1. The van der Waals surface area contributed by atoms with Gasteiger partial charge in [-0.15, -0.1) is 0 Å². The molecule has 3 aromatic carbocycles. The van der Waals surface area contributed by atoms with E-state index in [-0.39, 0.29) is 5.91 Å². The molecule has 24 heavy (non-hydrogen) atoms. The van der Waals surface area contributed by atoms with Crippen molar-refractivity contribution in [3.8, 4) is 11.5 Å². The van der Waals surface area contributed by atoms with Crippen LogP contribution in [0.5, 0.6) is 11.5 Å². The average Bonchev–Trinajstić information content (AvgIpc) is 2.56. The second kappa shape index (κ2) is 7.47. The van der Waals surface area contributed by atoms with E-state index in [1.54, 1.807) is 0 Å². The number of nitrogens with one attached hydrogen (secondary N) is 1. The molecule has 0 radical (unpaired) electrons. The van der Waals surface area contributed by atoms with Gasteiger partial charge in [0.2, 0.25) is 5.91 Å². The minimum absolute atomic E-state index is 0.0440. The lowest BCUT2D eigenvalue weighted by atomic mass is 10.1. The van der Waals surface area contributed by atoms with Gasteiger partial charge in [0.15, 0.2) is 0 Å². The third-order valence-corrected chi connectivity index (χ3v) is 3.54. The first-order valence-corrected chi connectivity index (χ1v) is 7.87. The van der Waals surface area contributed by atoms with Crippen molar-refractivity contribution < 1.29 is 9.53 Å². The van der Waals surface area contributed by atoms with Crippen molar-refractivity contribution in [2.75, 3.05) is 5.32 Å². The van der Waals surface area contributed by atoms with Gasteiger partial charge in [-0.25, -0.2) is 0 Å². The Hall–Kier alpha value is -3.07. The largest absolute Gasteiger partial charge is 0.457 e. The topological polar surface area (TPSA) is 38.3 Å². The lowest BCUT2D eigenvalue weighted by Crippen LogP contribution is -2.14. The molecule has 3 aromatic rings. The van der Waals surface area contributed by atoms with Crippen molar-refractivity contribution >= 4 is 11.6 Å². The average molecular weight is 317 g/mol. The zero-order valence-corrected chi connectivity index (χ0v) is 13.5. The number of carbonyl (C=O) groups excluding carboxylic acids is 1. The molecule has 1 amide bonds. The molecule has 0 atom stereocenters. The Kier molecular flexibility index (Phi) is 4.92. The lowest BCUT2D eigenvalue weighted by molar-refractivity contribution is -0.115. The van der Waals surface area contributed by atoms with E-state index in [0.29, 0.717) is 6.42 Å². The van der Waals surface area contributed by atoms with E-state index in [4.69, 9.17) is 4.74 Å². The van der Waals surface area contributed by atoms with Gasteiger partial charge < -0.3 is 10.1 Å². The molecular weight excluding hydrogens is 298 g/mol.